The van der Waals surface area contributed by atoms with Gasteiger partial charge in [-0.1, -0.05) is 43.0 Å². The summed E-state index contributed by atoms with van der Waals surface area (Å²) in [5.41, 5.74) is 1.09. The molecule has 1 N–H and O–H groups in total. The molecule has 1 aliphatic heterocycles. The maximum Gasteiger partial charge on any atom is 0.281 e. The molecule has 0 spiro atoms. The van der Waals surface area contributed by atoms with E-state index < -0.39 is 0 Å². The Balaban J connectivity index is 1.32. The highest BCUT2D eigenvalue weighted by atomic mass is 19.1. The van der Waals surface area contributed by atoms with Gasteiger partial charge in [0.2, 0.25) is 5.91 Å². The molecule has 9 heteroatoms. The van der Waals surface area contributed by atoms with Crippen LogP contribution in [0.1, 0.15) is 68.7 Å². The molecule has 8 nitrogen and oxygen atoms in total. The predicted molar refractivity (Wildman–Crippen MR) is 121 cm³/mol. The molecule has 1 aromatic carbocycles. The molecule has 33 heavy (non-hydrogen) atoms. The normalized spacial score (nSPS) is 19.4. The van der Waals surface area contributed by atoms with Crippen LogP contribution < -0.4 is 5.56 Å². The van der Waals surface area contributed by atoms with E-state index in [0.717, 1.165) is 31.4 Å². The first-order valence-corrected chi connectivity index (χ1v) is 11.9. The standard InChI is InChI=1S/C24H29FN6O2/c25-19-10-7-17(8-11-19)14-31-23-21(28-29-31)24(33)27-22(26-23)18-6-3-13-30(15-18)20(32)12-9-16-4-1-2-5-16/h7-8,10-11,16,18H,1-6,9,12-15H2,(H,26,27,33). The first-order valence-electron chi connectivity index (χ1n) is 11.9. The minimum absolute atomic E-state index is 0.0274. The maximum atomic E-state index is 13.2. The van der Waals surface area contributed by atoms with Crippen LogP contribution in [-0.2, 0) is 11.3 Å². The van der Waals surface area contributed by atoms with E-state index in [9.17, 15) is 14.0 Å². The monoisotopic (exact) mass is 452 g/mol. The lowest BCUT2D eigenvalue weighted by molar-refractivity contribution is -0.132. The number of piperidine rings is 1. The van der Waals surface area contributed by atoms with Gasteiger partial charge in [0.25, 0.3) is 5.56 Å². The number of benzene rings is 1. The number of hydrogen-bond acceptors (Lipinski definition) is 5. The Morgan fingerprint density at radius 1 is 1.12 bits per heavy atom. The summed E-state index contributed by atoms with van der Waals surface area (Å²) >= 11 is 0. The Hall–Kier alpha value is -3.10. The lowest BCUT2D eigenvalue weighted by Gasteiger charge is -2.32. The smallest absolute Gasteiger partial charge is 0.281 e. The molecule has 3 aromatic rings. The van der Waals surface area contributed by atoms with Crippen LogP contribution in [0, 0.1) is 11.7 Å². The zero-order valence-electron chi connectivity index (χ0n) is 18.7. The van der Waals surface area contributed by atoms with Gasteiger partial charge in [-0.2, -0.15) is 0 Å². The minimum Gasteiger partial charge on any atom is -0.342 e. The van der Waals surface area contributed by atoms with E-state index in [0.29, 0.717) is 36.9 Å². The second-order valence-corrected chi connectivity index (χ2v) is 9.37. The summed E-state index contributed by atoms with van der Waals surface area (Å²) in [5.74, 6) is 1.14. The van der Waals surface area contributed by atoms with Crippen molar-refractivity contribution in [3.8, 4) is 0 Å². The first kappa shape index (κ1) is 21.7. The van der Waals surface area contributed by atoms with Crippen LogP contribution in [0.2, 0.25) is 0 Å². The predicted octanol–water partition coefficient (Wildman–Crippen LogP) is 3.38. The van der Waals surface area contributed by atoms with Crippen molar-refractivity contribution in [1.82, 2.24) is 29.9 Å². The minimum atomic E-state index is -0.329. The van der Waals surface area contributed by atoms with E-state index >= 15 is 0 Å². The van der Waals surface area contributed by atoms with Crippen LogP contribution >= 0.6 is 0 Å². The fraction of sp³-hybridized carbons (Fsp3) is 0.542. The third-order valence-electron chi connectivity index (χ3n) is 7.04. The zero-order valence-corrected chi connectivity index (χ0v) is 18.7. The molecular weight excluding hydrogens is 423 g/mol. The summed E-state index contributed by atoms with van der Waals surface area (Å²) in [6.45, 7) is 1.66. The lowest BCUT2D eigenvalue weighted by atomic mass is 9.96. The molecule has 0 radical (unpaired) electrons. The Labute approximate surface area is 191 Å². The third-order valence-corrected chi connectivity index (χ3v) is 7.04. The van der Waals surface area contributed by atoms with Crippen LogP contribution in [0.15, 0.2) is 29.1 Å². The van der Waals surface area contributed by atoms with Crippen LogP contribution in [0.25, 0.3) is 11.2 Å². The average Bonchev–Trinajstić information content (AvgIpc) is 3.50. The largest absolute Gasteiger partial charge is 0.342 e. The summed E-state index contributed by atoms with van der Waals surface area (Å²) in [7, 11) is 0. The Morgan fingerprint density at radius 2 is 1.91 bits per heavy atom. The number of aromatic amines is 1. The third kappa shape index (κ3) is 4.82. The second kappa shape index (κ2) is 9.41. The highest BCUT2D eigenvalue weighted by molar-refractivity contribution is 5.76. The number of carbonyl (C=O) groups is 1. The molecule has 5 rings (SSSR count). The van der Waals surface area contributed by atoms with Crippen molar-refractivity contribution in [2.45, 2.75) is 63.8 Å². The van der Waals surface area contributed by atoms with E-state index in [4.69, 9.17) is 4.98 Å². The molecule has 1 unspecified atom stereocenters. The Morgan fingerprint density at radius 3 is 2.70 bits per heavy atom. The number of amides is 1. The average molecular weight is 453 g/mol. The number of likely N-dealkylation sites (tertiary alicyclic amines) is 1. The molecule has 1 saturated carbocycles. The number of aromatic nitrogens is 5. The fourth-order valence-electron chi connectivity index (χ4n) is 5.16. The van der Waals surface area contributed by atoms with Gasteiger partial charge in [0.15, 0.2) is 11.2 Å². The van der Waals surface area contributed by atoms with Gasteiger partial charge in [-0.05, 0) is 42.9 Å². The van der Waals surface area contributed by atoms with Crippen molar-refractivity contribution < 1.29 is 9.18 Å². The molecule has 3 heterocycles. The molecule has 2 aliphatic rings. The number of carbonyl (C=O) groups excluding carboxylic acids is 1. The van der Waals surface area contributed by atoms with Gasteiger partial charge < -0.3 is 9.88 Å². The summed E-state index contributed by atoms with van der Waals surface area (Å²) < 4.78 is 14.8. The van der Waals surface area contributed by atoms with E-state index in [1.54, 1.807) is 16.8 Å². The second-order valence-electron chi connectivity index (χ2n) is 9.37. The fourth-order valence-corrected chi connectivity index (χ4v) is 5.16. The van der Waals surface area contributed by atoms with Crippen LogP contribution in [0.4, 0.5) is 4.39 Å². The summed E-state index contributed by atoms with van der Waals surface area (Å²) in [6.07, 6.45) is 8.41. The van der Waals surface area contributed by atoms with E-state index in [-0.39, 0.29) is 28.7 Å². The zero-order chi connectivity index (χ0) is 22.8. The summed E-state index contributed by atoms with van der Waals surface area (Å²) in [6, 6.07) is 6.13. The van der Waals surface area contributed by atoms with Crippen molar-refractivity contribution in [3.63, 3.8) is 0 Å². The van der Waals surface area contributed by atoms with E-state index in [1.165, 1.54) is 37.8 Å². The van der Waals surface area contributed by atoms with Crippen molar-refractivity contribution in [1.29, 1.82) is 0 Å². The number of hydrogen-bond donors (Lipinski definition) is 1. The number of nitrogens with one attached hydrogen (secondary N) is 1. The number of nitrogens with zero attached hydrogens (tertiary/aromatic N) is 5. The number of halogens is 1. The Bertz CT molecular complexity index is 1180. The molecule has 2 fully saturated rings. The molecule has 1 aliphatic carbocycles. The molecule has 2 aromatic heterocycles. The highest BCUT2D eigenvalue weighted by Crippen LogP contribution is 2.30. The first-order chi connectivity index (χ1) is 16.1. The number of H-pyrrole nitrogens is 1. The molecule has 1 saturated heterocycles. The van der Waals surface area contributed by atoms with Crippen LogP contribution in [0.5, 0.6) is 0 Å². The van der Waals surface area contributed by atoms with Crippen molar-refractivity contribution >= 4 is 17.1 Å². The topological polar surface area (TPSA) is 96.8 Å². The maximum absolute atomic E-state index is 13.2. The van der Waals surface area contributed by atoms with E-state index in [1.807, 2.05) is 4.90 Å². The molecular formula is C24H29FN6O2. The van der Waals surface area contributed by atoms with Crippen molar-refractivity contribution in [3.05, 3.63) is 51.8 Å². The molecule has 0 bridgehead atoms. The molecule has 1 amide bonds. The SMILES string of the molecule is O=C(CCC1CCCC1)N1CCCC(c2nc3c(nnn3Cc3ccc(F)cc3)c(=O)[nH]2)C1. The lowest BCUT2D eigenvalue weighted by Crippen LogP contribution is -2.40. The van der Waals surface area contributed by atoms with Gasteiger partial charge in [-0.25, -0.2) is 14.1 Å². The van der Waals surface area contributed by atoms with Gasteiger partial charge in [0, 0.05) is 25.4 Å². The number of rotatable bonds is 6. The van der Waals surface area contributed by atoms with Gasteiger partial charge in [-0.15, -0.1) is 5.10 Å². The quantitative estimate of drug-likeness (QED) is 0.619. The van der Waals surface area contributed by atoms with Gasteiger partial charge >= 0.3 is 0 Å². The van der Waals surface area contributed by atoms with Crippen molar-refractivity contribution in [2.75, 3.05) is 13.1 Å². The van der Waals surface area contributed by atoms with Crippen LogP contribution in [-0.4, -0.2) is 48.9 Å². The van der Waals surface area contributed by atoms with Gasteiger partial charge in [-0.3, -0.25) is 9.59 Å². The summed E-state index contributed by atoms with van der Waals surface area (Å²) in [4.78, 5) is 35.0. The van der Waals surface area contributed by atoms with E-state index in [2.05, 4.69) is 15.3 Å². The molecule has 174 valence electrons. The highest BCUT2D eigenvalue weighted by Gasteiger charge is 2.28. The van der Waals surface area contributed by atoms with Gasteiger partial charge in [0.05, 0.1) is 6.54 Å². The van der Waals surface area contributed by atoms with Gasteiger partial charge in [0.1, 0.15) is 11.6 Å². The molecule has 1 atom stereocenters. The number of fused-ring (bicyclic) bond motifs is 1. The summed E-state index contributed by atoms with van der Waals surface area (Å²) in [5, 5.41) is 8.08. The van der Waals surface area contributed by atoms with Crippen molar-refractivity contribution in [2.24, 2.45) is 5.92 Å². The van der Waals surface area contributed by atoms with Crippen LogP contribution in [0.3, 0.4) is 0 Å². The Kier molecular flexibility index (Phi) is 6.20.